The number of thiocarbonyl (C=S) groups is 1. The maximum absolute atomic E-state index is 5.48. The van der Waals surface area contributed by atoms with Gasteiger partial charge in [-0.3, -0.25) is 0 Å². The summed E-state index contributed by atoms with van der Waals surface area (Å²) in [5.41, 5.74) is -1.36. The lowest BCUT2D eigenvalue weighted by Gasteiger charge is -2.27. The van der Waals surface area contributed by atoms with Gasteiger partial charge in [-0.2, -0.15) is 0 Å². The summed E-state index contributed by atoms with van der Waals surface area (Å²) in [4.78, 5) is 0.625. The molecule has 1 heterocycles. The van der Waals surface area contributed by atoms with Crippen LogP contribution in [-0.4, -0.2) is 4.99 Å². The molecule has 68 valence electrons. The Morgan fingerprint density at radius 2 is 2.08 bits per heavy atom. The van der Waals surface area contributed by atoms with Crippen molar-refractivity contribution in [2.75, 3.05) is 0 Å². The maximum Gasteiger partial charge on any atom is 0.257 e. The fourth-order valence-electron chi connectivity index (χ4n) is 1.08. The summed E-state index contributed by atoms with van der Waals surface area (Å²) in [7, 11) is 0. The van der Waals surface area contributed by atoms with Gasteiger partial charge in [0.1, 0.15) is 10.7 Å². The van der Waals surface area contributed by atoms with E-state index in [2.05, 4.69) is 17.3 Å². The number of para-hydroxylation sites is 1. The number of nitrogens with one attached hydrogen (secondary N) is 1. The lowest BCUT2D eigenvalue weighted by molar-refractivity contribution is 0.613. The van der Waals surface area contributed by atoms with Crippen molar-refractivity contribution in [1.82, 2.24) is 5.09 Å². The van der Waals surface area contributed by atoms with Crippen molar-refractivity contribution in [2.45, 2.75) is 0 Å². The molecule has 0 saturated heterocycles. The van der Waals surface area contributed by atoms with E-state index in [-0.39, 0.29) is 0 Å². The number of thiol groups is 1. The molecule has 13 heavy (non-hydrogen) atoms. The first-order valence-electron chi connectivity index (χ1n) is 3.52. The fraction of sp³-hybridized carbons (Fsp3) is 0. The van der Waals surface area contributed by atoms with Crippen LogP contribution in [0, 0.1) is 0 Å². The molecule has 0 aliphatic carbocycles. The van der Waals surface area contributed by atoms with Gasteiger partial charge in [0.25, 0.3) is 5.62 Å². The Balaban J connectivity index is 2.55. The van der Waals surface area contributed by atoms with Crippen molar-refractivity contribution < 1.29 is 4.52 Å². The number of fused-ring (bicyclic) bond motifs is 1. The number of rotatable bonds is 0. The van der Waals surface area contributed by atoms with Gasteiger partial charge in [0, 0.05) is 0 Å². The van der Waals surface area contributed by atoms with E-state index in [1.807, 2.05) is 24.3 Å². The van der Waals surface area contributed by atoms with Crippen molar-refractivity contribution in [3.63, 3.8) is 0 Å². The normalized spacial score (nSPS) is 25.8. The van der Waals surface area contributed by atoms with Gasteiger partial charge in [0.2, 0.25) is 0 Å². The van der Waals surface area contributed by atoms with Crippen molar-refractivity contribution in [1.29, 1.82) is 0 Å². The smallest absolute Gasteiger partial charge is 0.257 e. The lowest BCUT2D eigenvalue weighted by atomic mass is 10.2. The van der Waals surface area contributed by atoms with Crippen LogP contribution in [0.1, 0.15) is 5.56 Å². The molecule has 2 rings (SSSR count). The Hall–Kier alpha value is -0.0900. The summed E-state index contributed by atoms with van der Waals surface area (Å²) >= 11 is 14.4. The van der Waals surface area contributed by atoms with Gasteiger partial charge in [-0.25, -0.2) is 0 Å². The molecule has 0 aromatic heterocycles. The molecule has 0 radical (unpaired) electrons. The minimum Gasteiger partial charge on any atom is -0.440 e. The van der Waals surface area contributed by atoms with Crippen molar-refractivity contribution in [3.05, 3.63) is 29.8 Å². The van der Waals surface area contributed by atoms with Crippen LogP contribution < -0.4 is 9.61 Å². The minimum atomic E-state index is -2.24. The van der Waals surface area contributed by atoms with Crippen LogP contribution in [-0.2, 0) is 11.8 Å². The van der Waals surface area contributed by atoms with Crippen molar-refractivity contribution in [3.8, 4) is 5.75 Å². The third-order valence-corrected chi connectivity index (χ3v) is 4.06. The molecule has 0 bridgehead atoms. The number of hydrogen-bond acceptors (Lipinski definition) is 3. The third-order valence-electron chi connectivity index (χ3n) is 1.60. The first-order chi connectivity index (χ1) is 6.08. The molecule has 0 saturated carbocycles. The van der Waals surface area contributed by atoms with E-state index in [1.54, 1.807) is 0 Å². The molecule has 0 spiro atoms. The highest BCUT2D eigenvalue weighted by molar-refractivity contribution is 8.61. The zero-order valence-electron chi connectivity index (χ0n) is 6.43. The first-order valence-corrected chi connectivity index (χ1v) is 7.81. The molecular formula is C7H6NOPS3. The fourth-order valence-corrected chi connectivity index (χ4v) is 3.94. The molecule has 2 nitrogen and oxygen atoms in total. The van der Waals surface area contributed by atoms with Crippen LogP contribution >= 0.6 is 30.1 Å². The third kappa shape index (κ3) is 1.89. The summed E-state index contributed by atoms with van der Waals surface area (Å²) in [6.07, 6.45) is 0. The predicted molar refractivity (Wildman–Crippen MR) is 65.2 cm³/mol. The highest BCUT2D eigenvalue weighted by atomic mass is 32.9. The molecule has 0 fully saturated rings. The quantitative estimate of drug-likeness (QED) is 0.417. The van der Waals surface area contributed by atoms with Crippen molar-refractivity contribution in [2.24, 2.45) is 0 Å². The summed E-state index contributed by atoms with van der Waals surface area (Å²) in [6.45, 7) is 0. The van der Waals surface area contributed by atoms with Gasteiger partial charge >= 0.3 is 0 Å². The van der Waals surface area contributed by atoms with E-state index in [4.69, 9.17) is 28.5 Å². The zero-order chi connectivity index (χ0) is 9.47. The highest BCUT2D eigenvalue weighted by Crippen LogP contribution is 2.51. The summed E-state index contributed by atoms with van der Waals surface area (Å²) in [5, 5.41) is 2.91. The first kappa shape index (κ1) is 9.46. The van der Waals surface area contributed by atoms with Crippen LogP contribution in [0.4, 0.5) is 0 Å². The summed E-state index contributed by atoms with van der Waals surface area (Å²) in [5.74, 6) is 0.726. The topological polar surface area (TPSA) is 21.3 Å². The lowest BCUT2D eigenvalue weighted by Crippen LogP contribution is -2.24. The zero-order valence-corrected chi connectivity index (χ0v) is 9.85. The molecule has 0 amide bonds. The molecule has 1 aliphatic heterocycles. The Kier molecular flexibility index (Phi) is 2.36. The largest absolute Gasteiger partial charge is 0.440 e. The van der Waals surface area contributed by atoms with E-state index in [0.717, 1.165) is 11.3 Å². The van der Waals surface area contributed by atoms with E-state index in [9.17, 15) is 0 Å². The molecule has 1 N–H and O–H groups in total. The average Bonchev–Trinajstić information content (AvgIpc) is 2.02. The average molecular weight is 247 g/mol. The van der Waals surface area contributed by atoms with Crippen LogP contribution in [0.25, 0.3) is 0 Å². The molecular weight excluding hydrogens is 241 g/mol. The van der Waals surface area contributed by atoms with Gasteiger partial charge < -0.3 is 9.61 Å². The molecule has 1 atom stereocenters. The second-order valence-corrected chi connectivity index (χ2v) is 8.45. The maximum atomic E-state index is 5.48. The Bertz CT molecular complexity index is 420. The Labute approximate surface area is 92.0 Å². The molecule has 1 unspecified atom stereocenters. The van der Waals surface area contributed by atoms with Crippen LogP contribution in [0.15, 0.2) is 24.3 Å². The van der Waals surface area contributed by atoms with Gasteiger partial charge in [-0.05, 0) is 23.9 Å². The van der Waals surface area contributed by atoms with Gasteiger partial charge in [-0.15, -0.1) is 0 Å². The van der Waals surface area contributed by atoms with Gasteiger partial charge in [-0.1, -0.05) is 36.6 Å². The second kappa shape index (κ2) is 3.24. The molecule has 1 aliphatic rings. The molecule has 1 aromatic rings. The highest BCUT2D eigenvalue weighted by Gasteiger charge is 2.24. The summed E-state index contributed by atoms with van der Waals surface area (Å²) in [6, 6.07) is 7.53. The predicted octanol–water partition coefficient (Wildman–Crippen LogP) is 2.50. The number of hydrogen-bond donors (Lipinski definition) is 2. The van der Waals surface area contributed by atoms with E-state index in [1.165, 1.54) is 0 Å². The van der Waals surface area contributed by atoms with Crippen LogP contribution in [0.3, 0.4) is 0 Å². The van der Waals surface area contributed by atoms with Gasteiger partial charge in [0.15, 0.2) is 0 Å². The number of benzene rings is 1. The second-order valence-electron chi connectivity index (χ2n) is 2.55. The molecule has 1 aromatic carbocycles. The Morgan fingerprint density at radius 1 is 1.38 bits per heavy atom. The van der Waals surface area contributed by atoms with Crippen LogP contribution in [0.2, 0.25) is 0 Å². The Morgan fingerprint density at radius 3 is 2.85 bits per heavy atom. The molecule has 6 heteroatoms. The van der Waals surface area contributed by atoms with E-state index >= 15 is 0 Å². The SMILES string of the molecule is S=C1NP(=S)(S)Oc2ccccc21. The van der Waals surface area contributed by atoms with E-state index in [0.29, 0.717) is 4.99 Å². The van der Waals surface area contributed by atoms with Gasteiger partial charge in [0.05, 0.1) is 5.56 Å². The standard InChI is InChI=1S/C7H6NOPS3/c11-7-5-3-1-2-4-6(5)9-10(12,13)8-7/h1-4H,(H2,8,11,12,13). The monoisotopic (exact) mass is 247 g/mol. The summed E-state index contributed by atoms with van der Waals surface area (Å²) < 4.78 is 5.48. The van der Waals surface area contributed by atoms with Crippen LogP contribution in [0.5, 0.6) is 5.75 Å². The minimum absolute atomic E-state index is 0.625. The van der Waals surface area contributed by atoms with Crippen molar-refractivity contribution >= 4 is 46.9 Å². The van der Waals surface area contributed by atoms with E-state index < -0.39 is 5.62 Å².